The number of nitrogens with one attached hydrogen (secondary N) is 1. The van der Waals surface area contributed by atoms with Crippen LogP contribution in [0.15, 0.2) is 5.16 Å². The fourth-order valence-corrected chi connectivity index (χ4v) is 5.77. The largest absolute Gasteiger partial charge is 0.392 e. The van der Waals surface area contributed by atoms with Crippen LogP contribution in [0.3, 0.4) is 0 Å². The number of likely N-dealkylation sites (tertiary alicyclic amines) is 1. The molecule has 27 heavy (non-hydrogen) atoms. The summed E-state index contributed by atoms with van der Waals surface area (Å²) in [5.74, 6) is 0.519. The van der Waals surface area contributed by atoms with E-state index in [0.29, 0.717) is 24.7 Å². The second kappa shape index (κ2) is 8.43. The molecule has 1 amide bonds. The van der Waals surface area contributed by atoms with Crippen LogP contribution in [0.4, 0.5) is 4.39 Å². The molecule has 0 aromatic carbocycles. The lowest BCUT2D eigenvalue weighted by Crippen LogP contribution is -2.54. The summed E-state index contributed by atoms with van der Waals surface area (Å²) in [6.07, 6.45) is 8.75. The summed E-state index contributed by atoms with van der Waals surface area (Å²) in [6, 6.07) is -0.240. The number of oxime groups is 1. The summed E-state index contributed by atoms with van der Waals surface area (Å²) in [4.78, 5) is 20.2. The molecule has 2 saturated carbocycles. The Morgan fingerprint density at radius 2 is 1.89 bits per heavy atom. The standard InChI is InChI=1S/C20H32FN3O3/c21-15-6-7-17-16(12-15)18(23-27-17)13-8-10-24(11-9-13)19(20(25)22-26)14-4-2-1-3-5-14/h13-17,19,26H,1-12H2,(H,22,25). The van der Waals surface area contributed by atoms with Gasteiger partial charge in [0.2, 0.25) is 0 Å². The van der Waals surface area contributed by atoms with Crippen molar-refractivity contribution in [2.75, 3.05) is 13.1 Å². The van der Waals surface area contributed by atoms with Gasteiger partial charge in [-0.15, -0.1) is 0 Å². The van der Waals surface area contributed by atoms with Gasteiger partial charge < -0.3 is 4.84 Å². The molecule has 0 aromatic heterocycles. The van der Waals surface area contributed by atoms with Gasteiger partial charge in [0.1, 0.15) is 12.3 Å². The van der Waals surface area contributed by atoms with Crippen molar-refractivity contribution < 1.29 is 19.2 Å². The number of fused-ring (bicyclic) bond motifs is 1. The summed E-state index contributed by atoms with van der Waals surface area (Å²) in [5, 5.41) is 13.6. The predicted octanol–water partition coefficient (Wildman–Crippen LogP) is 3.05. The molecule has 2 aliphatic carbocycles. The maximum atomic E-state index is 13.9. The van der Waals surface area contributed by atoms with Gasteiger partial charge in [-0.1, -0.05) is 24.4 Å². The molecule has 0 radical (unpaired) electrons. The summed E-state index contributed by atoms with van der Waals surface area (Å²) in [7, 11) is 0. The van der Waals surface area contributed by atoms with E-state index in [2.05, 4.69) is 10.1 Å². The molecule has 0 spiro atoms. The van der Waals surface area contributed by atoms with Gasteiger partial charge in [-0.2, -0.15) is 0 Å². The van der Waals surface area contributed by atoms with Crippen molar-refractivity contribution in [2.24, 2.45) is 22.9 Å². The molecule has 0 bridgehead atoms. The number of halogens is 1. The van der Waals surface area contributed by atoms with Crippen LogP contribution in [0.5, 0.6) is 0 Å². The van der Waals surface area contributed by atoms with Crippen molar-refractivity contribution >= 4 is 11.6 Å². The van der Waals surface area contributed by atoms with E-state index >= 15 is 0 Å². The lowest BCUT2D eigenvalue weighted by Gasteiger charge is -2.41. The third-order valence-electron chi connectivity index (χ3n) is 7.21. The molecule has 2 aliphatic heterocycles. The Morgan fingerprint density at radius 3 is 2.59 bits per heavy atom. The first-order valence-electron chi connectivity index (χ1n) is 10.7. The van der Waals surface area contributed by atoms with Gasteiger partial charge >= 0.3 is 0 Å². The molecule has 152 valence electrons. The average molecular weight is 381 g/mol. The smallest absolute Gasteiger partial charge is 0.260 e. The normalized spacial score (nSPS) is 34.4. The summed E-state index contributed by atoms with van der Waals surface area (Å²) >= 11 is 0. The number of carbonyl (C=O) groups is 1. The van der Waals surface area contributed by atoms with E-state index in [-0.39, 0.29) is 24.0 Å². The van der Waals surface area contributed by atoms with Crippen LogP contribution in [0.25, 0.3) is 0 Å². The first-order valence-corrected chi connectivity index (χ1v) is 10.7. The third-order valence-corrected chi connectivity index (χ3v) is 7.21. The van der Waals surface area contributed by atoms with E-state index in [1.807, 2.05) is 5.48 Å². The monoisotopic (exact) mass is 381 g/mol. The predicted molar refractivity (Wildman–Crippen MR) is 99.1 cm³/mol. The first kappa shape index (κ1) is 19.1. The molecule has 6 nitrogen and oxygen atoms in total. The van der Waals surface area contributed by atoms with E-state index in [0.717, 1.165) is 63.7 Å². The molecule has 3 fully saturated rings. The fraction of sp³-hybridized carbons (Fsp3) is 0.900. The van der Waals surface area contributed by atoms with Crippen LogP contribution in [0.2, 0.25) is 0 Å². The number of nitrogens with zero attached hydrogens (tertiary/aromatic N) is 2. The molecule has 1 saturated heterocycles. The molecule has 0 aromatic rings. The van der Waals surface area contributed by atoms with Gasteiger partial charge in [0, 0.05) is 11.8 Å². The molecular weight excluding hydrogens is 349 g/mol. The van der Waals surface area contributed by atoms with Gasteiger partial charge in [0.15, 0.2) is 0 Å². The molecule has 4 unspecified atom stereocenters. The fourth-order valence-electron chi connectivity index (χ4n) is 5.77. The van der Waals surface area contributed by atoms with Crippen LogP contribution in [-0.4, -0.2) is 53.1 Å². The number of alkyl halides is 1. The number of hydrogen-bond acceptors (Lipinski definition) is 5. The second-order valence-corrected chi connectivity index (χ2v) is 8.81. The maximum Gasteiger partial charge on any atom is 0.260 e. The lowest BCUT2D eigenvalue weighted by molar-refractivity contribution is -0.138. The first-order chi connectivity index (χ1) is 13.2. The Balaban J connectivity index is 1.38. The molecule has 7 heteroatoms. The quantitative estimate of drug-likeness (QED) is 0.580. The average Bonchev–Trinajstić information content (AvgIpc) is 3.12. The molecular formula is C20H32FN3O3. The molecule has 4 atom stereocenters. The van der Waals surface area contributed by atoms with E-state index in [1.165, 1.54) is 6.42 Å². The molecule has 2 N–H and O–H groups in total. The zero-order valence-electron chi connectivity index (χ0n) is 16.0. The Kier molecular flexibility index (Phi) is 5.97. The Bertz CT molecular complexity index is 559. The highest BCUT2D eigenvalue weighted by Crippen LogP contribution is 2.39. The topological polar surface area (TPSA) is 74.2 Å². The highest BCUT2D eigenvalue weighted by atomic mass is 19.1. The van der Waals surface area contributed by atoms with Crippen molar-refractivity contribution in [3.8, 4) is 0 Å². The van der Waals surface area contributed by atoms with Crippen LogP contribution in [0, 0.1) is 17.8 Å². The van der Waals surface area contributed by atoms with E-state index < -0.39 is 6.17 Å². The van der Waals surface area contributed by atoms with Crippen molar-refractivity contribution in [3.63, 3.8) is 0 Å². The molecule has 2 heterocycles. The number of amides is 1. The lowest BCUT2D eigenvalue weighted by atomic mass is 9.76. The minimum absolute atomic E-state index is 0.0696. The van der Waals surface area contributed by atoms with Crippen molar-refractivity contribution in [2.45, 2.75) is 82.5 Å². The summed E-state index contributed by atoms with van der Waals surface area (Å²) in [6.45, 7) is 1.63. The van der Waals surface area contributed by atoms with Crippen molar-refractivity contribution in [1.82, 2.24) is 10.4 Å². The van der Waals surface area contributed by atoms with Gasteiger partial charge in [-0.25, -0.2) is 9.87 Å². The highest BCUT2D eigenvalue weighted by molar-refractivity contribution is 5.90. The molecule has 4 aliphatic rings. The Morgan fingerprint density at radius 1 is 1.15 bits per heavy atom. The third kappa shape index (κ3) is 3.99. The maximum absolute atomic E-state index is 13.9. The Labute approximate surface area is 160 Å². The zero-order chi connectivity index (χ0) is 18.8. The van der Waals surface area contributed by atoms with Crippen LogP contribution >= 0.6 is 0 Å². The summed E-state index contributed by atoms with van der Waals surface area (Å²) in [5.41, 5.74) is 2.96. The second-order valence-electron chi connectivity index (χ2n) is 8.81. The number of rotatable bonds is 4. The minimum Gasteiger partial charge on any atom is -0.392 e. The van der Waals surface area contributed by atoms with Crippen LogP contribution < -0.4 is 5.48 Å². The van der Waals surface area contributed by atoms with Crippen LogP contribution in [-0.2, 0) is 9.63 Å². The van der Waals surface area contributed by atoms with E-state index in [4.69, 9.17) is 4.84 Å². The van der Waals surface area contributed by atoms with Crippen LogP contribution in [0.1, 0.15) is 64.2 Å². The van der Waals surface area contributed by atoms with Gasteiger partial charge in [0.05, 0.1) is 11.8 Å². The number of piperidine rings is 1. The molecule has 4 rings (SSSR count). The van der Waals surface area contributed by atoms with Gasteiger partial charge in [-0.05, 0) is 64.0 Å². The highest BCUT2D eigenvalue weighted by Gasteiger charge is 2.44. The SMILES string of the molecule is O=C(NO)C(C1CCCCC1)N1CCC(C2=NOC3CCC(F)CC23)CC1. The Hall–Kier alpha value is -1.21. The van der Waals surface area contributed by atoms with Crippen molar-refractivity contribution in [1.29, 1.82) is 0 Å². The minimum atomic E-state index is -0.734. The number of hydrogen-bond donors (Lipinski definition) is 2. The number of hydroxylamine groups is 1. The van der Waals surface area contributed by atoms with E-state index in [9.17, 15) is 14.4 Å². The van der Waals surface area contributed by atoms with E-state index in [1.54, 1.807) is 0 Å². The summed E-state index contributed by atoms with van der Waals surface area (Å²) < 4.78 is 13.9. The van der Waals surface area contributed by atoms with Gasteiger partial charge in [-0.3, -0.25) is 14.9 Å². The number of carbonyl (C=O) groups excluding carboxylic acids is 1. The van der Waals surface area contributed by atoms with Gasteiger partial charge in [0.25, 0.3) is 5.91 Å². The zero-order valence-corrected chi connectivity index (χ0v) is 16.0. The van der Waals surface area contributed by atoms with Crippen molar-refractivity contribution in [3.05, 3.63) is 0 Å².